The molecular weight excluding hydrogens is 448 g/mol. The van der Waals surface area contributed by atoms with E-state index in [1.54, 1.807) is 30.0 Å². The predicted octanol–water partition coefficient (Wildman–Crippen LogP) is 3.48. The van der Waals surface area contributed by atoms with Gasteiger partial charge in [0.05, 0.1) is 19.2 Å². The number of halogens is 4. The molecule has 0 saturated carbocycles. The van der Waals surface area contributed by atoms with Crippen LogP contribution in [-0.4, -0.2) is 38.8 Å². The molecule has 0 spiro atoms. The number of benzene rings is 1. The van der Waals surface area contributed by atoms with Crippen LogP contribution in [0.4, 0.5) is 23.5 Å². The van der Waals surface area contributed by atoms with Gasteiger partial charge in [0.15, 0.2) is 0 Å². The van der Waals surface area contributed by atoms with Crippen LogP contribution >= 0.6 is 11.3 Å². The maximum atomic E-state index is 13.1. The summed E-state index contributed by atoms with van der Waals surface area (Å²) in [5, 5.41) is 10.5. The zero-order chi connectivity index (χ0) is 23.0. The minimum Gasteiger partial charge on any atom is -0.387 e. The lowest BCUT2D eigenvalue weighted by molar-refractivity contribution is -0.134. The van der Waals surface area contributed by atoms with Gasteiger partial charge in [-0.05, 0) is 42.3 Å². The first-order valence-corrected chi connectivity index (χ1v) is 10.4. The van der Waals surface area contributed by atoms with Crippen molar-refractivity contribution in [2.24, 2.45) is 0 Å². The fourth-order valence-electron chi connectivity index (χ4n) is 3.45. The van der Waals surface area contributed by atoms with Crippen molar-refractivity contribution in [3.8, 4) is 0 Å². The van der Waals surface area contributed by atoms with Crippen LogP contribution in [-0.2, 0) is 12.7 Å². The van der Waals surface area contributed by atoms with Crippen molar-refractivity contribution in [2.45, 2.75) is 25.7 Å². The monoisotopic (exact) mass is 466 g/mol. The van der Waals surface area contributed by atoms with Crippen LogP contribution in [0.15, 0.2) is 47.3 Å². The molecule has 3 aromatic rings. The predicted molar refractivity (Wildman–Crippen MR) is 112 cm³/mol. The third-order valence-corrected chi connectivity index (χ3v) is 6.19. The number of alkyl halides is 3. The minimum absolute atomic E-state index is 0.0665. The molecule has 4 rings (SSSR count). The van der Waals surface area contributed by atoms with Gasteiger partial charge in [-0.15, -0.1) is 11.3 Å². The van der Waals surface area contributed by atoms with Gasteiger partial charge in [0.1, 0.15) is 16.5 Å². The standard InChI is InChI=1S/C21H18F4N4O2S/c1-12-26-19(27-20(31)29(12)10-15-6-7-18(32-15)21(23,24)25)28-9-8-16(17(30)11-28)13-2-4-14(22)5-3-13/h2-8,17,30H,9-11H2,1H3/t17-/m0/s1. The zero-order valence-electron chi connectivity index (χ0n) is 16.8. The smallest absolute Gasteiger partial charge is 0.387 e. The van der Waals surface area contributed by atoms with Crippen molar-refractivity contribution in [3.05, 3.63) is 79.9 Å². The van der Waals surface area contributed by atoms with Crippen LogP contribution in [0.25, 0.3) is 5.57 Å². The topological polar surface area (TPSA) is 71.2 Å². The number of hydrogen-bond donors (Lipinski definition) is 1. The van der Waals surface area contributed by atoms with Gasteiger partial charge in [0, 0.05) is 11.4 Å². The van der Waals surface area contributed by atoms with Crippen molar-refractivity contribution in [1.29, 1.82) is 0 Å². The number of aromatic nitrogens is 3. The van der Waals surface area contributed by atoms with E-state index in [1.807, 2.05) is 0 Å². The minimum atomic E-state index is -4.43. The molecule has 1 N–H and O–H groups in total. The van der Waals surface area contributed by atoms with Gasteiger partial charge in [0.2, 0.25) is 5.95 Å². The Morgan fingerprint density at radius 1 is 1.16 bits per heavy atom. The number of thiophene rings is 1. The lowest BCUT2D eigenvalue weighted by Gasteiger charge is -2.30. The highest BCUT2D eigenvalue weighted by atomic mass is 32.1. The molecule has 1 atom stereocenters. The molecule has 1 aliphatic rings. The molecule has 0 saturated heterocycles. The second-order valence-electron chi connectivity index (χ2n) is 7.29. The molecule has 0 radical (unpaired) electrons. The summed E-state index contributed by atoms with van der Waals surface area (Å²) in [5.74, 6) is 0.0482. The average molecular weight is 466 g/mol. The SMILES string of the molecule is Cc1nc(N2CC=C(c3ccc(F)cc3)[C@@H](O)C2)nc(=O)n1Cc1ccc(C(F)(F)F)s1. The van der Waals surface area contributed by atoms with Crippen LogP contribution in [0.3, 0.4) is 0 Å². The molecule has 0 fully saturated rings. The Hall–Kier alpha value is -3.05. The van der Waals surface area contributed by atoms with Crippen molar-refractivity contribution in [3.63, 3.8) is 0 Å². The van der Waals surface area contributed by atoms with E-state index < -0.39 is 22.8 Å². The largest absolute Gasteiger partial charge is 0.425 e. The Balaban J connectivity index is 1.54. The highest BCUT2D eigenvalue weighted by molar-refractivity contribution is 7.12. The second kappa shape index (κ2) is 8.47. The zero-order valence-corrected chi connectivity index (χ0v) is 17.6. The van der Waals surface area contributed by atoms with Crippen LogP contribution < -0.4 is 10.6 Å². The van der Waals surface area contributed by atoms with E-state index in [2.05, 4.69) is 9.97 Å². The van der Waals surface area contributed by atoms with E-state index in [4.69, 9.17) is 0 Å². The number of aryl methyl sites for hydroxylation is 1. The summed E-state index contributed by atoms with van der Waals surface area (Å²) in [6.07, 6.45) is -3.57. The number of rotatable bonds is 4. The fraction of sp³-hybridized carbons (Fsp3) is 0.286. The van der Waals surface area contributed by atoms with Crippen LogP contribution in [0, 0.1) is 12.7 Å². The third kappa shape index (κ3) is 4.58. The summed E-state index contributed by atoms with van der Waals surface area (Å²) in [5.41, 5.74) is 0.696. The van der Waals surface area contributed by atoms with E-state index in [1.165, 1.54) is 22.8 Å². The van der Waals surface area contributed by atoms with Crippen LogP contribution in [0.2, 0.25) is 0 Å². The third-order valence-electron chi connectivity index (χ3n) is 5.08. The Kier molecular flexibility index (Phi) is 5.87. The normalized spacial score (nSPS) is 16.9. The van der Waals surface area contributed by atoms with Crippen LogP contribution in [0.5, 0.6) is 0 Å². The van der Waals surface area contributed by atoms with Gasteiger partial charge in [0.25, 0.3) is 0 Å². The summed E-state index contributed by atoms with van der Waals surface area (Å²) < 4.78 is 52.8. The van der Waals surface area contributed by atoms with E-state index in [0.29, 0.717) is 39.7 Å². The molecule has 3 heterocycles. The molecule has 168 valence electrons. The highest BCUT2D eigenvalue weighted by Crippen LogP contribution is 2.34. The van der Waals surface area contributed by atoms with E-state index in [9.17, 15) is 27.5 Å². The molecule has 6 nitrogen and oxygen atoms in total. The summed E-state index contributed by atoms with van der Waals surface area (Å²) in [6, 6.07) is 8.10. The van der Waals surface area contributed by atoms with E-state index >= 15 is 0 Å². The van der Waals surface area contributed by atoms with Crippen LogP contribution in [0.1, 0.15) is 21.1 Å². The summed E-state index contributed by atoms with van der Waals surface area (Å²) >= 11 is 0.569. The first-order chi connectivity index (χ1) is 15.1. The molecule has 0 aliphatic carbocycles. The maximum absolute atomic E-state index is 13.1. The molecule has 11 heteroatoms. The summed E-state index contributed by atoms with van der Waals surface area (Å²) in [6.45, 7) is 1.96. The van der Waals surface area contributed by atoms with Gasteiger partial charge in [-0.3, -0.25) is 4.57 Å². The molecule has 1 aliphatic heterocycles. The van der Waals surface area contributed by atoms with Gasteiger partial charge >= 0.3 is 11.9 Å². The number of hydrogen-bond acceptors (Lipinski definition) is 6. The molecule has 32 heavy (non-hydrogen) atoms. The number of aliphatic hydroxyl groups excluding tert-OH is 1. The quantitative estimate of drug-likeness (QED) is 0.597. The second-order valence-corrected chi connectivity index (χ2v) is 8.46. The fourth-order valence-corrected chi connectivity index (χ4v) is 4.32. The van der Waals surface area contributed by atoms with Gasteiger partial charge < -0.3 is 10.0 Å². The first kappa shape index (κ1) is 22.2. The van der Waals surface area contributed by atoms with E-state index in [-0.39, 0.29) is 24.9 Å². The lowest BCUT2D eigenvalue weighted by Crippen LogP contribution is -2.40. The summed E-state index contributed by atoms with van der Waals surface area (Å²) in [4.78, 5) is 22.1. The maximum Gasteiger partial charge on any atom is 0.425 e. The summed E-state index contributed by atoms with van der Waals surface area (Å²) in [7, 11) is 0. The number of nitrogens with zero attached hydrogens (tertiary/aromatic N) is 4. The Labute approximate surface area is 184 Å². The van der Waals surface area contributed by atoms with Crippen molar-refractivity contribution in [2.75, 3.05) is 18.0 Å². The van der Waals surface area contributed by atoms with Crippen molar-refractivity contribution >= 4 is 22.9 Å². The molecular formula is C21H18F4N4O2S. The first-order valence-electron chi connectivity index (χ1n) is 9.62. The van der Waals surface area contributed by atoms with Crippen molar-refractivity contribution in [1.82, 2.24) is 14.5 Å². The Bertz CT molecular complexity index is 1220. The Morgan fingerprint density at radius 2 is 1.88 bits per heavy atom. The number of anilines is 1. The Morgan fingerprint density at radius 3 is 2.47 bits per heavy atom. The molecule has 1 aromatic carbocycles. The molecule has 2 aromatic heterocycles. The van der Waals surface area contributed by atoms with Gasteiger partial charge in [-0.1, -0.05) is 18.2 Å². The number of aliphatic hydroxyl groups is 1. The van der Waals surface area contributed by atoms with E-state index in [0.717, 1.165) is 6.07 Å². The van der Waals surface area contributed by atoms with Gasteiger partial charge in [-0.2, -0.15) is 23.1 Å². The highest BCUT2D eigenvalue weighted by Gasteiger charge is 2.32. The average Bonchev–Trinajstić information content (AvgIpc) is 3.21. The van der Waals surface area contributed by atoms with Gasteiger partial charge in [-0.25, -0.2) is 9.18 Å². The lowest BCUT2D eigenvalue weighted by atomic mass is 9.97. The van der Waals surface area contributed by atoms with Crippen molar-refractivity contribution < 1.29 is 22.7 Å². The molecule has 0 bridgehead atoms. The molecule has 0 amide bonds. The molecule has 0 unspecified atom stereocenters. The number of β-amino-alcohol motifs (C(OH)–C–C–N with tert-alkyl or cyclic N) is 1.